The first kappa shape index (κ1) is 12.2. The lowest BCUT2D eigenvalue weighted by Crippen LogP contribution is -2.40. The van der Waals surface area contributed by atoms with Gasteiger partial charge in [-0.2, -0.15) is 5.10 Å². The molecule has 0 aliphatic carbocycles. The molecular weight excluding hydrogens is 212 g/mol. The molecule has 0 aliphatic heterocycles. The van der Waals surface area contributed by atoms with E-state index in [1.165, 1.54) is 17.3 Å². The average molecular weight is 226 g/mol. The summed E-state index contributed by atoms with van der Waals surface area (Å²) in [5.41, 5.74) is 0. The standard InChI is InChI=1S/C9H14N4O3/c1-2-7(9(15)16)12-8(14)3-4-13-6-10-5-11-13/h5-7H,2-4H2,1H3,(H,12,14)(H,15,16)/t7-/m0/s1. The highest BCUT2D eigenvalue weighted by molar-refractivity contribution is 5.83. The van der Waals surface area contributed by atoms with Crippen LogP contribution >= 0.6 is 0 Å². The Balaban J connectivity index is 2.33. The first-order valence-corrected chi connectivity index (χ1v) is 4.98. The molecule has 0 spiro atoms. The average Bonchev–Trinajstić information content (AvgIpc) is 2.75. The zero-order chi connectivity index (χ0) is 12.0. The van der Waals surface area contributed by atoms with Crippen molar-refractivity contribution in [2.24, 2.45) is 0 Å². The Hall–Kier alpha value is -1.92. The lowest BCUT2D eigenvalue weighted by molar-refractivity contribution is -0.141. The SMILES string of the molecule is CC[C@H](NC(=O)CCn1cncn1)C(=O)O. The van der Waals surface area contributed by atoms with Gasteiger partial charge in [0.25, 0.3) is 0 Å². The number of aliphatic carboxylic acids is 1. The van der Waals surface area contributed by atoms with Gasteiger partial charge < -0.3 is 10.4 Å². The van der Waals surface area contributed by atoms with Gasteiger partial charge in [0.1, 0.15) is 18.7 Å². The van der Waals surface area contributed by atoms with Crippen LogP contribution in [0.4, 0.5) is 0 Å². The van der Waals surface area contributed by atoms with Gasteiger partial charge in [0, 0.05) is 6.42 Å². The topological polar surface area (TPSA) is 97.1 Å². The molecule has 2 N–H and O–H groups in total. The summed E-state index contributed by atoms with van der Waals surface area (Å²) < 4.78 is 1.52. The van der Waals surface area contributed by atoms with Crippen molar-refractivity contribution in [3.05, 3.63) is 12.7 Å². The molecule has 7 nitrogen and oxygen atoms in total. The van der Waals surface area contributed by atoms with Crippen molar-refractivity contribution in [3.63, 3.8) is 0 Å². The number of carbonyl (C=O) groups excluding carboxylic acids is 1. The van der Waals surface area contributed by atoms with Crippen molar-refractivity contribution >= 4 is 11.9 Å². The Kier molecular flexibility index (Phi) is 4.43. The molecule has 0 radical (unpaired) electrons. The van der Waals surface area contributed by atoms with E-state index in [1.54, 1.807) is 6.92 Å². The molecule has 0 saturated carbocycles. The normalized spacial score (nSPS) is 12.1. The van der Waals surface area contributed by atoms with Crippen molar-refractivity contribution in [1.29, 1.82) is 0 Å². The van der Waals surface area contributed by atoms with Gasteiger partial charge in [-0.3, -0.25) is 9.48 Å². The zero-order valence-corrected chi connectivity index (χ0v) is 8.96. The minimum absolute atomic E-state index is 0.188. The van der Waals surface area contributed by atoms with E-state index in [-0.39, 0.29) is 12.3 Å². The van der Waals surface area contributed by atoms with Crippen molar-refractivity contribution < 1.29 is 14.7 Å². The van der Waals surface area contributed by atoms with Gasteiger partial charge in [-0.05, 0) is 6.42 Å². The van der Waals surface area contributed by atoms with Crippen LogP contribution in [-0.2, 0) is 16.1 Å². The quantitative estimate of drug-likeness (QED) is 0.690. The van der Waals surface area contributed by atoms with Crippen LogP contribution in [0.5, 0.6) is 0 Å². The number of aryl methyl sites for hydroxylation is 1. The third-order valence-corrected chi connectivity index (χ3v) is 2.08. The molecule has 0 unspecified atom stereocenters. The highest BCUT2D eigenvalue weighted by Crippen LogP contribution is 1.93. The van der Waals surface area contributed by atoms with E-state index in [1.807, 2.05) is 0 Å². The van der Waals surface area contributed by atoms with Gasteiger partial charge in [0.2, 0.25) is 5.91 Å². The molecule has 16 heavy (non-hydrogen) atoms. The van der Waals surface area contributed by atoms with Crippen molar-refractivity contribution in [2.75, 3.05) is 0 Å². The second-order valence-corrected chi connectivity index (χ2v) is 3.28. The van der Waals surface area contributed by atoms with Gasteiger partial charge >= 0.3 is 5.97 Å². The van der Waals surface area contributed by atoms with Crippen molar-refractivity contribution in [2.45, 2.75) is 32.4 Å². The summed E-state index contributed by atoms with van der Waals surface area (Å²) in [6.45, 7) is 2.10. The number of carboxylic acid groups (broad SMARTS) is 1. The Labute approximate surface area is 92.5 Å². The van der Waals surface area contributed by atoms with Crippen LogP contribution in [0.2, 0.25) is 0 Å². The summed E-state index contributed by atoms with van der Waals surface area (Å²) >= 11 is 0. The first-order valence-electron chi connectivity index (χ1n) is 4.98. The third-order valence-electron chi connectivity index (χ3n) is 2.08. The molecule has 88 valence electrons. The van der Waals surface area contributed by atoms with Crippen LogP contribution < -0.4 is 5.32 Å². The van der Waals surface area contributed by atoms with Crippen molar-refractivity contribution in [1.82, 2.24) is 20.1 Å². The number of nitrogens with one attached hydrogen (secondary N) is 1. The zero-order valence-electron chi connectivity index (χ0n) is 8.96. The molecule has 1 atom stereocenters. The summed E-state index contributed by atoms with van der Waals surface area (Å²) in [6.07, 6.45) is 3.43. The molecule has 1 aromatic heterocycles. The predicted molar refractivity (Wildman–Crippen MR) is 54.5 cm³/mol. The van der Waals surface area contributed by atoms with E-state index in [9.17, 15) is 9.59 Å². The van der Waals surface area contributed by atoms with Gasteiger partial charge in [0.15, 0.2) is 0 Å². The molecular formula is C9H14N4O3. The lowest BCUT2D eigenvalue weighted by atomic mass is 10.2. The molecule has 1 amide bonds. The molecule has 0 saturated heterocycles. The summed E-state index contributed by atoms with van der Waals surface area (Å²) in [4.78, 5) is 25.8. The van der Waals surface area contributed by atoms with E-state index in [0.29, 0.717) is 13.0 Å². The number of carbonyl (C=O) groups is 2. The van der Waals surface area contributed by atoms with Crippen LogP contribution in [0.1, 0.15) is 19.8 Å². The Morgan fingerprint density at radius 3 is 2.81 bits per heavy atom. The Bertz CT molecular complexity index is 350. The maximum Gasteiger partial charge on any atom is 0.326 e. The van der Waals surface area contributed by atoms with Gasteiger partial charge in [-0.1, -0.05) is 6.92 Å². The number of hydrogen-bond acceptors (Lipinski definition) is 4. The molecule has 0 bridgehead atoms. The summed E-state index contributed by atoms with van der Waals surface area (Å²) in [5.74, 6) is -1.32. The molecule has 0 aromatic carbocycles. The number of hydrogen-bond donors (Lipinski definition) is 2. The minimum Gasteiger partial charge on any atom is -0.480 e. The van der Waals surface area contributed by atoms with E-state index in [0.717, 1.165) is 0 Å². The fraction of sp³-hybridized carbons (Fsp3) is 0.556. The predicted octanol–water partition coefficient (Wildman–Crippen LogP) is -0.352. The van der Waals surface area contributed by atoms with Gasteiger partial charge in [-0.25, -0.2) is 9.78 Å². The van der Waals surface area contributed by atoms with E-state index in [2.05, 4.69) is 15.4 Å². The number of nitrogens with zero attached hydrogens (tertiary/aromatic N) is 3. The second-order valence-electron chi connectivity index (χ2n) is 3.28. The van der Waals surface area contributed by atoms with Crippen molar-refractivity contribution in [3.8, 4) is 0 Å². The van der Waals surface area contributed by atoms with E-state index < -0.39 is 12.0 Å². The summed E-state index contributed by atoms with van der Waals surface area (Å²) in [7, 11) is 0. The second kappa shape index (κ2) is 5.84. The monoisotopic (exact) mass is 226 g/mol. The lowest BCUT2D eigenvalue weighted by Gasteiger charge is -2.11. The molecule has 0 fully saturated rings. The van der Waals surface area contributed by atoms with E-state index >= 15 is 0 Å². The molecule has 1 heterocycles. The highest BCUT2D eigenvalue weighted by atomic mass is 16.4. The fourth-order valence-corrected chi connectivity index (χ4v) is 1.17. The van der Waals surface area contributed by atoms with Gasteiger partial charge in [0.05, 0.1) is 6.54 Å². The number of rotatable bonds is 6. The minimum atomic E-state index is -1.02. The van der Waals surface area contributed by atoms with Crippen LogP contribution in [-0.4, -0.2) is 37.8 Å². The van der Waals surface area contributed by atoms with Gasteiger partial charge in [-0.15, -0.1) is 0 Å². The maximum absolute atomic E-state index is 11.4. The van der Waals surface area contributed by atoms with E-state index in [4.69, 9.17) is 5.11 Å². The maximum atomic E-state index is 11.4. The first-order chi connectivity index (χ1) is 7.63. The molecule has 1 rings (SSSR count). The van der Waals surface area contributed by atoms with Crippen LogP contribution in [0, 0.1) is 0 Å². The largest absolute Gasteiger partial charge is 0.480 e. The number of aromatic nitrogens is 3. The Morgan fingerprint density at radius 2 is 2.31 bits per heavy atom. The van der Waals surface area contributed by atoms with Crippen LogP contribution in [0.15, 0.2) is 12.7 Å². The Morgan fingerprint density at radius 1 is 1.56 bits per heavy atom. The number of amides is 1. The summed E-state index contributed by atoms with van der Waals surface area (Å²) in [5, 5.41) is 15.0. The fourth-order valence-electron chi connectivity index (χ4n) is 1.17. The van der Waals surface area contributed by atoms with Crippen LogP contribution in [0.25, 0.3) is 0 Å². The molecule has 7 heteroatoms. The highest BCUT2D eigenvalue weighted by Gasteiger charge is 2.16. The molecule has 1 aromatic rings. The smallest absolute Gasteiger partial charge is 0.326 e. The molecule has 0 aliphatic rings. The van der Waals surface area contributed by atoms with Crippen LogP contribution in [0.3, 0.4) is 0 Å². The number of carboxylic acids is 1. The third kappa shape index (κ3) is 3.68. The summed E-state index contributed by atoms with van der Waals surface area (Å²) in [6, 6.07) is -0.816.